The molecule has 0 aliphatic heterocycles. The van der Waals surface area contributed by atoms with Gasteiger partial charge in [-0.3, -0.25) is 0 Å². The van der Waals surface area contributed by atoms with E-state index in [1.807, 2.05) is 0 Å². The average Bonchev–Trinajstić information content (AvgIpc) is 3.29. The first-order valence-corrected chi connectivity index (χ1v) is 9.91. The summed E-state index contributed by atoms with van der Waals surface area (Å²) in [7, 11) is 0. The zero-order valence-electron chi connectivity index (χ0n) is 14.9. The number of rotatable bonds is 10. The minimum Gasteiger partial charge on any atom is -0.313 e. The van der Waals surface area contributed by atoms with Crippen LogP contribution >= 0.6 is 0 Å². The lowest BCUT2D eigenvalue weighted by Gasteiger charge is -2.42. The molecule has 0 bridgehead atoms. The summed E-state index contributed by atoms with van der Waals surface area (Å²) >= 11 is 0. The Bertz CT molecular complexity index is 274. The lowest BCUT2D eigenvalue weighted by molar-refractivity contribution is 0.106. The average molecular weight is 294 g/mol. The van der Waals surface area contributed by atoms with Crippen LogP contribution in [0.15, 0.2) is 0 Å². The van der Waals surface area contributed by atoms with Gasteiger partial charge in [0.1, 0.15) is 0 Å². The molecule has 124 valence electrons. The van der Waals surface area contributed by atoms with Gasteiger partial charge in [0.15, 0.2) is 0 Å². The lowest BCUT2D eigenvalue weighted by atomic mass is 9.65. The fourth-order valence-electron chi connectivity index (χ4n) is 4.51. The van der Waals surface area contributed by atoms with Crippen molar-refractivity contribution in [3.05, 3.63) is 0 Å². The van der Waals surface area contributed by atoms with E-state index in [4.69, 9.17) is 0 Å². The summed E-state index contributed by atoms with van der Waals surface area (Å²) in [4.78, 5) is 0. The van der Waals surface area contributed by atoms with E-state index in [1.54, 1.807) is 0 Å². The summed E-state index contributed by atoms with van der Waals surface area (Å²) in [6.45, 7) is 8.48. The zero-order chi connectivity index (χ0) is 15.1. The molecular weight excluding hydrogens is 254 g/mol. The molecule has 0 saturated heterocycles. The Morgan fingerprint density at radius 3 is 2.33 bits per heavy atom. The van der Waals surface area contributed by atoms with Crippen molar-refractivity contribution in [2.24, 2.45) is 17.3 Å². The van der Waals surface area contributed by atoms with E-state index in [1.165, 1.54) is 83.6 Å². The van der Waals surface area contributed by atoms with Gasteiger partial charge in [-0.25, -0.2) is 0 Å². The Kier molecular flexibility index (Phi) is 7.05. The molecule has 2 aliphatic rings. The molecule has 1 atom stereocenters. The van der Waals surface area contributed by atoms with Gasteiger partial charge in [0, 0.05) is 12.6 Å². The number of nitrogens with one attached hydrogen (secondary N) is 1. The molecule has 21 heavy (non-hydrogen) atoms. The van der Waals surface area contributed by atoms with E-state index >= 15 is 0 Å². The second-order valence-corrected chi connectivity index (χ2v) is 8.34. The lowest BCUT2D eigenvalue weighted by Crippen LogP contribution is -2.39. The van der Waals surface area contributed by atoms with Gasteiger partial charge in [-0.2, -0.15) is 0 Å². The predicted octanol–water partition coefficient (Wildman–Crippen LogP) is 5.93. The van der Waals surface area contributed by atoms with Crippen LogP contribution in [0.2, 0.25) is 0 Å². The highest BCUT2D eigenvalue weighted by molar-refractivity contribution is 4.92. The third-order valence-electron chi connectivity index (χ3n) is 6.04. The molecule has 0 heterocycles. The summed E-state index contributed by atoms with van der Waals surface area (Å²) in [5.41, 5.74) is 0.639. The maximum atomic E-state index is 3.87. The number of hydrogen-bond acceptors (Lipinski definition) is 1. The minimum absolute atomic E-state index is 0.639. The van der Waals surface area contributed by atoms with Crippen LogP contribution in [0.1, 0.15) is 97.8 Å². The Morgan fingerprint density at radius 2 is 1.76 bits per heavy atom. The van der Waals surface area contributed by atoms with Crippen molar-refractivity contribution in [3.8, 4) is 0 Å². The van der Waals surface area contributed by atoms with E-state index in [0.29, 0.717) is 5.41 Å². The van der Waals surface area contributed by atoms with Crippen molar-refractivity contribution < 1.29 is 0 Å². The van der Waals surface area contributed by atoms with Crippen molar-refractivity contribution in [3.63, 3.8) is 0 Å². The first-order valence-electron chi connectivity index (χ1n) is 9.91. The van der Waals surface area contributed by atoms with Gasteiger partial charge in [0.2, 0.25) is 0 Å². The number of hydrogen-bond donors (Lipinski definition) is 1. The SMILES string of the molecule is CCCCC1CCC(CNC2CC2)(CC(C)CCC)CC1. The molecule has 2 rings (SSSR count). The van der Waals surface area contributed by atoms with E-state index in [9.17, 15) is 0 Å². The van der Waals surface area contributed by atoms with Gasteiger partial charge < -0.3 is 5.32 Å². The van der Waals surface area contributed by atoms with Crippen LogP contribution in [-0.4, -0.2) is 12.6 Å². The molecule has 1 unspecified atom stereocenters. The van der Waals surface area contributed by atoms with Crippen LogP contribution < -0.4 is 5.32 Å². The van der Waals surface area contributed by atoms with E-state index in [-0.39, 0.29) is 0 Å². The minimum atomic E-state index is 0.639. The van der Waals surface area contributed by atoms with Gasteiger partial charge in [-0.1, -0.05) is 52.9 Å². The summed E-state index contributed by atoms with van der Waals surface area (Å²) in [6, 6.07) is 0.876. The summed E-state index contributed by atoms with van der Waals surface area (Å²) in [5.74, 6) is 1.96. The summed E-state index contributed by atoms with van der Waals surface area (Å²) in [5, 5.41) is 3.87. The van der Waals surface area contributed by atoms with E-state index < -0.39 is 0 Å². The van der Waals surface area contributed by atoms with Crippen LogP contribution in [0.5, 0.6) is 0 Å². The van der Waals surface area contributed by atoms with Crippen LogP contribution in [0, 0.1) is 17.3 Å². The third kappa shape index (κ3) is 5.93. The van der Waals surface area contributed by atoms with Gasteiger partial charge in [0.25, 0.3) is 0 Å². The number of unbranched alkanes of at least 4 members (excludes halogenated alkanes) is 1. The highest BCUT2D eigenvalue weighted by atomic mass is 15.0. The Labute approximate surface area is 133 Å². The highest BCUT2D eigenvalue weighted by Crippen LogP contribution is 2.45. The van der Waals surface area contributed by atoms with Crippen molar-refractivity contribution in [1.82, 2.24) is 5.32 Å². The Balaban J connectivity index is 1.83. The molecule has 0 amide bonds. The van der Waals surface area contributed by atoms with Crippen LogP contribution in [0.4, 0.5) is 0 Å². The monoisotopic (exact) mass is 293 g/mol. The first kappa shape index (κ1) is 17.3. The van der Waals surface area contributed by atoms with Crippen molar-refractivity contribution in [2.45, 2.75) is 104 Å². The fraction of sp³-hybridized carbons (Fsp3) is 1.00. The van der Waals surface area contributed by atoms with Crippen LogP contribution in [0.25, 0.3) is 0 Å². The van der Waals surface area contributed by atoms with E-state index in [2.05, 4.69) is 26.1 Å². The largest absolute Gasteiger partial charge is 0.313 e. The predicted molar refractivity (Wildman–Crippen MR) is 93.6 cm³/mol. The third-order valence-corrected chi connectivity index (χ3v) is 6.04. The molecule has 0 aromatic rings. The zero-order valence-corrected chi connectivity index (χ0v) is 14.9. The van der Waals surface area contributed by atoms with Crippen molar-refractivity contribution in [1.29, 1.82) is 0 Å². The second kappa shape index (κ2) is 8.56. The molecule has 1 nitrogen and oxygen atoms in total. The molecule has 2 aliphatic carbocycles. The smallest absolute Gasteiger partial charge is 0.00684 e. The fourth-order valence-corrected chi connectivity index (χ4v) is 4.51. The van der Waals surface area contributed by atoms with Gasteiger partial charge in [0.05, 0.1) is 0 Å². The van der Waals surface area contributed by atoms with Crippen LogP contribution in [0.3, 0.4) is 0 Å². The molecular formula is C20H39N. The molecule has 2 fully saturated rings. The molecule has 0 spiro atoms. The van der Waals surface area contributed by atoms with Crippen molar-refractivity contribution in [2.75, 3.05) is 6.54 Å². The van der Waals surface area contributed by atoms with Crippen molar-refractivity contribution >= 4 is 0 Å². The van der Waals surface area contributed by atoms with Gasteiger partial charge in [-0.15, -0.1) is 0 Å². The normalized spacial score (nSPS) is 31.3. The Morgan fingerprint density at radius 1 is 1.05 bits per heavy atom. The molecule has 1 heteroatoms. The molecule has 1 N–H and O–H groups in total. The van der Waals surface area contributed by atoms with Gasteiger partial charge in [-0.05, 0) is 62.2 Å². The molecule has 2 saturated carbocycles. The Hall–Kier alpha value is -0.0400. The topological polar surface area (TPSA) is 12.0 Å². The molecule has 0 aromatic carbocycles. The maximum Gasteiger partial charge on any atom is 0.00684 e. The van der Waals surface area contributed by atoms with E-state index in [0.717, 1.165) is 17.9 Å². The maximum absolute atomic E-state index is 3.87. The summed E-state index contributed by atoms with van der Waals surface area (Å²) in [6.07, 6.45) is 17.4. The quantitative estimate of drug-likeness (QED) is 0.526. The van der Waals surface area contributed by atoms with Crippen LogP contribution in [-0.2, 0) is 0 Å². The van der Waals surface area contributed by atoms with Gasteiger partial charge >= 0.3 is 0 Å². The summed E-state index contributed by atoms with van der Waals surface area (Å²) < 4.78 is 0. The molecule has 0 radical (unpaired) electrons. The second-order valence-electron chi connectivity index (χ2n) is 8.34. The highest BCUT2D eigenvalue weighted by Gasteiger charge is 2.37. The first-order chi connectivity index (χ1) is 10.2. The standard InChI is InChI=1S/C20H39N/c1-4-6-8-18-11-13-20(14-12-18,15-17(3)7-5-2)16-21-19-9-10-19/h17-19,21H,4-16H2,1-3H3. The molecule has 0 aromatic heterocycles.